The summed E-state index contributed by atoms with van der Waals surface area (Å²) in [7, 11) is -3.77. The molecule has 0 aliphatic heterocycles. The lowest BCUT2D eigenvalue weighted by molar-refractivity contribution is 0.595. The molecule has 0 aliphatic carbocycles. The third-order valence-corrected chi connectivity index (χ3v) is 8.98. The number of thioether (sulfide) groups is 1. The number of nitrogens with two attached hydrogens (primary N) is 1. The van der Waals surface area contributed by atoms with Crippen LogP contribution >= 0.6 is 23.1 Å². The maximum absolute atomic E-state index is 13.4. The van der Waals surface area contributed by atoms with Crippen LogP contribution in [-0.2, 0) is 9.84 Å². The second kappa shape index (κ2) is 7.33. The molecule has 0 unspecified atom stereocenters. The number of nitrogen functional groups attached to an aromatic ring is 1. The Labute approximate surface area is 176 Å². The van der Waals surface area contributed by atoms with Crippen LogP contribution in [-0.4, -0.2) is 30.5 Å². The van der Waals surface area contributed by atoms with Gasteiger partial charge in [-0.25, -0.2) is 13.4 Å². The quantitative estimate of drug-likeness (QED) is 0.240. The molecule has 29 heavy (non-hydrogen) atoms. The van der Waals surface area contributed by atoms with Crippen molar-refractivity contribution in [3.63, 3.8) is 0 Å². The lowest BCUT2D eigenvalue weighted by atomic mass is 9.99. The zero-order valence-corrected chi connectivity index (χ0v) is 18.1. The van der Waals surface area contributed by atoms with Gasteiger partial charge in [-0.1, -0.05) is 18.2 Å². The topological polar surface area (TPSA) is 113 Å². The molecule has 4 aromatic rings. The fourth-order valence-corrected chi connectivity index (χ4v) is 7.14. The Kier molecular flexibility index (Phi) is 4.97. The van der Waals surface area contributed by atoms with Crippen LogP contribution in [0.1, 0.15) is 10.4 Å². The Morgan fingerprint density at radius 3 is 2.76 bits per heavy atom. The van der Waals surface area contributed by atoms with Gasteiger partial charge in [0.1, 0.15) is 5.84 Å². The summed E-state index contributed by atoms with van der Waals surface area (Å²) in [6.45, 7) is 1.98. The number of nitrogens with zero attached hydrogens (tertiary/aromatic N) is 1. The van der Waals surface area contributed by atoms with Gasteiger partial charge in [-0.3, -0.25) is 5.41 Å². The van der Waals surface area contributed by atoms with Gasteiger partial charge in [0.15, 0.2) is 0 Å². The highest BCUT2D eigenvalue weighted by Crippen LogP contribution is 2.38. The minimum atomic E-state index is -3.77. The molecule has 148 valence electrons. The Hall–Kier alpha value is -2.62. The first-order chi connectivity index (χ1) is 13.8. The minimum Gasteiger partial charge on any atom is -0.383 e. The minimum absolute atomic E-state index is 0.138. The third-order valence-electron chi connectivity index (χ3n) is 4.64. The van der Waals surface area contributed by atoms with Crippen molar-refractivity contribution in [2.24, 2.45) is 5.73 Å². The highest BCUT2D eigenvalue weighted by atomic mass is 32.2. The molecule has 9 heteroatoms. The fraction of sp³-hybridized carbons (Fsp3) is 0.100. The molecule has 0 aliphatic rings. The number of thiophene rings is 1. The standard InChI is InChI=1S/C20H18N4O2S3/c1-11-6-7-14-18(24-10-23-14)17(11)12-4-3-5-13(8-12)29(25,26)16-9-15(19(21)22)28-20(16)27-2/h3-10H,1-2H3,(H3,21,22)(H,23,24). The van der Waals surface area contributed by atoms with Crippen molar-refractivity contribution in [3.8, 4) is 11.1 Å². The van der Waals surface area contributed by atoms with Crippen molar-refractivity contribution in [1.29, 1.82) is 5.41 Å². The number of hydrogen-bond acceptors (Lipinski definition) is 6. The van der Waals surface area contributed by atoms with E-state index in [-0.39, 0.29) is 15.6 Å². The number of fused-ring (bicyclic) bond motifs is 1. The molecule has 2 aromatic carbocycles. The van der Waals surface area contributed by atoms with Crippen LogP contribution in [0.15, 0.2) is 62.8 Å². The molecule has 4 rings (SSSR count). The van der Waals surface area contributed by atoms with Crippen molar-refractivity contribution in [2.75, 3.05) is 6.26 Å². The maximum Gasteiger partial charge on any atom is 0.208 e. The number of nitrogens with one attached hydrogen (secondary N) is 2. The number of benzene rings is 2. The van der Waals surface area contributed by atoms with E-state index >= 15 is 0 Å². The smallest absolute Gasteiger partial charge is 0.208 e. The van der Waals surface area contributed by atoms with Gasteiger partial charge >= 0.3 is 0 Å². The van der Waals surface area contributed by atoms with Gasteiger partial charge in [-0.2, -0.15) is 0 Å². The van der Waals surface area contributed by atoms with Gasteiger partial charge in [0.05, 0.1) is 36.2 Å². The van der Waals surface area contributed by atoms with Crippen LogP contribution in [0.25, 0.3) is 22.2 Å². The summed E-state index contributed by atoms with van der Waals surface area (Å²) in [6, 6.07) is 12.3. The predicted molar refractivity (Wildman–Crippen MR) is 119 cm³/mol. The van der Waals surface area contributed by atoms with Crippen LogP contribution in [0.3, 0.4) is 0 Å². The number of aromatic amines is 1. The van der Waals surface area contributed by atoms with E-state index in [4.69, 9.17) is 11.1 Å². The summed E-state index contributed by atoms with van der Waals surface area (Å²) < 4.78 is 27.4. The van der Waals surface area contributed by atoms with E-state index in [2.05, 4.69) is 9.97 Å². The zero-order valence-electron chi connectivity index (χ0n) is 15.7. The second-order valence-electron chi connectivity index (χ2n) is 6.47. The molecule has 0 fully saturated rings. The molecule has 0 spiro atoms. The van der Waals surface area contributed by atoms with Crippen molar-refractivity contribution in [2.45, 2.75) is 20.9 Å². The van der Waals surface area contributed by atoms with Crippen molar-refractivity contribution < 1.29 is 8.42 Å². The van der Waals surface area contributed by atoms with E-state index in [9.17, 15) is 8.42 Å². The molecule has 0 saturated carbocycles. The van der Waals surface area contributed by atoms with Crippen LogP contribution < -0.4 is 5.73 Å². The van der Waals surface area contributed by atoms with Gasteiger partial charge in [-0.05, 0) is 48.6 Å². The molecule has 0 saturated heterocycles. The van der Waals surface area contributed by atoms with E-state index in [1.807, 2.05) is 31.4 Å². The number of aryl methyl sites for hydroxylation is 1. The first-order valence-electron chi connectivity index (χ1n) is 8.63. The summed E-state index contributed by atoms with van der Waals surface area (Å²) in [4.78, 5) is 8.34. The number of rotatable bonds is 5. The average Bonchev–Trinajstić information content (AvgIpc) is 3.35. The second-order valence-corrected chi connectivity index (χ2v) is 10.5. The van der Waals surface area contributed by atoms with E-state index in [1.54, 1.807) is 24.5 Å². The molecule has 2 aromatic heterocycles. The molecule has 0 atom stereocenters. The summed E-state index contributed by atoms with van der Waals surface area (Å²) in [5.41, 5.74) is 9.97. The van der Waals surface area contributed by atoms with E-state index in [1.165, 1.54) is 29.2 Å². The van der Waals surface area contributed by atoms with Gasteiger partial charge in [0.2, 0.25) is 9.84 Å². The maximum atomic E-state index is 13.4. The number of H-pyrrole nitrogens is 1. The largest absolute Gasteiger partial charge is 0.383 e. The van der Waals surface area contributed by atoms with Crippen LogP contribution in [0.2, 0.25) is 0 Å². The van der Waals surface area contributed by atoms with Gasteiger partial charge in [-0.15, -0.1) is 23.1 Å². The van der Waals surface area contributed by atoms with Crippen molar-refractivity contribution in [1.82, 2.24) is 9.97 Å². The average molecular weight is 443 g/mol. The lowest BCUT2D eigenvalue weighted by Gasteiger charge is -2.10. The molecular weight excluding hydrogens is 424 g/mol. The summed E-state index contributed by atoms with van der Waals surface area (Å²) >= 11 is 2.55. The monoisotopic (exact) mass is 442 g/mol. The van der Waals surface area contributed by atoms with Crippen LogP contribution in [0.4, 0.5) is 0 Å². The van der Waals surface area contributed by atoms with Crippen LogP contribution in [0.5, 0.6) is 0 Å². The van der Waals surface area contributed by atoms with E-state index in [0.717, 1.165) is 27.7 Å². The summed E-state index contributed by atoms with van der Waals surface area (Å²) in [5, 5.41) is 7.64. The molecule has 6 nitrogen and oxygen atoms in total. The number of hydrogen-bond donors (Lipinski definition) is 3. The fourth-order valence-electron chi connectivity index (χ4n) is 3.24. The molecular formula is C20H18N4O2S3. The highest BCUT2D eigenvalue weighted by Gasteiger charge is 2.25. The van der Waals surface area contributed by atoms with Gasteiger partial charge in [0, 0.05) is 5.56 Å². The Morgan fingerprint density at radius 1 is 1.24 bits per heavy atom. The zero-order chi connectivity index (χ0) is 20.8. The predicted octanol–water partition coefficient (Wildman–Crippen LogP) is 4.44. The Balaban J connectivity index is 1.89. The normalized spacial score (nSPS) is 11.8. The summed E-state index contributed by atoms with van der Waals surface area (Å²) in [6.07, 6.45) is 3.44. The highest BCUT2D eigenvalue weighted by molar-refractivity contribution is 8.01. The van der Waals surface area contributed by atoms with Crippen molar-refractivity contribution >= 4 is 49.8 Å². The van der Waals surface area contributed by atoms with E-state index < -0.39 is 9.84 Å². The molecule has 0 bridgehead atoms. The van der Waals surface area contributed by atoms with E-state index in [0.29, 0.717) is 9.09 Å². The molecule has 0 amide bonds. The lowest BCUT2D eigenvalue weighted by Crippen LogP contribution is -2.08. The molecule has 2 heterocycles. The number of sulfone groups is 1. The Morgan fingerprint density at radius 2 is 2.03 bits per heavy atom. The SMILES string of the molecule is CSc1sc(C(=N)N)cc1S(=O)(=O)c1cccc(-c2c(C)ccc3[nH]cnc23)c1. The summed E-state index contributed by atoms with van der Waals surface area (Å²) in [5.74, 6) is -0.138. The first kappa shape index (κ1) is 19.7. The Bertz CT molecular complexity index is 1350. The first-order valence-corrected chi connectivity index (χ1v) is 12.2. The number of aromatic nitrogens is 2. The van der Waals surface area contributed by atoms with Gasteiger partial charge in [0.25, 0.3) is 0 Å². The number of amidine groups is 1. The molecule has 4 N–H and O–H groups in total. The third kappa shape index (κ3) is 3.35. The molecule has 0 radical (unpaired) electrons. The number of imidazole rings is 1. The van der Waals surface area contributed by atoms with Gasteiger partial charge < -0.3 is 10.7 Å². The van der Waals surface area contributed by atoms with Crippen molar-refractivity contribution in [3.05, 3.63) is 59.2 Å². The van der Waals surface area contributed by atoms with Crippen LogP contribution in [0, 0.1) is 12.3 Å².